The summed E-state index contributed by atoms with van der Waals surface area (Å²) >= 11 is 0. The summed E-state index contributed by atoms with van der Waals surface area (Å²) in [5.41, 5.74) is 2.92. The van der Waals surface area contributed by atoms with E-state index in [-0.39, 0.29) is 5.91 Å². The molecule has 0 aliphatic carbocycles. The van der Waals surface area contributed by atoms with E-state index >= 15 is 0 Å². The van der Waals surface area contributed by atoms with Gasteiger partial charge in [-0.3, -0.25) is 4.79 Å². The summed E-state index contributed by atoms with van der Waals surface area (Å²) in [5, 5.41) is 2.79. The molecule has 3 heteroatoms. The molecule has 0 saturated heterocycles. The highest BCUT2D eigenvalue weighted by Gasteiger charge is 2.16. The molecule has 1 aromatic carbocycles. The van der Waals surface area contributed by atoms with Crippen molar-refractivity contribution in [1.82, 2.24) is 0 Å². The maximum Gasteiger partial charge on any atom is 0.228 e. The molecule has 1 aromatic rings. The Morgan fingerprint density at radius 2 is 2.27 bits per heavy atom. The van der Waals surface area contributed by atoms with Crippen molar-refractivity contribution in [2.24, 2.45) is 0 Å². The molecule has 1 heterocycles. The number of anilines is 1. The van der Waals surface area contributed by atoms with Crippen LogP contribution in [0.4, 0.5) is 5.69 Å². The smallest absolute Gasteiger partial charge is 0.228 e. The lowest BCUT2D eigenvalue weighted by atomic mass is 10.1. The predicted molar refractivity (Wildman–Crippen MR) is 58.5 cm³/mol. The third kappa shape index (κ3) is 2.13. The Morgan fingerprint density at radius 3 is 3.07 bits per heavy atom. The van der Waals surface area contributed by atoms with Crippen LogP contribution in [0.25, 0.3) is 6.08 Å². The van der Waals surface area contributed by atoms with Crippen LogP contribution in [0, 0.1) is 0 Å². The number of carbonyl (C=O) groups is 2. The van der Waals surface area contributed by atoms with Crippen molar-refractivity contribution in [2.45, 2.75) is 12.8 Å². The zero-order valence-corrected chi connectivity index (χ0v) is 8.19. The fourth-order valence-corrected chi connectivity index (χ4v) is 1.60. The summed E-state index contributed by atoms with van der Waals surface area (Å²) in [5.74, 6) is 0.0408. The summed E-state index contributed by atoms with van der Waals surface area (Å²) in [6.45, 7) is 0. The first-order valence-electron chi connectivity index (χ1n) is 4.82. The first-order chi connectivity index (χ1) is 7.29. The molecular formula is C12H11NO2. The predicted octanol–water partition coefficient (Wildman–Crippen LogP) is 1.78. The van der Waals surface area contributed by atoms with Crippen LogP contribution in [0.5, 0.6) is 0 Å². The van der Waals surface area contributed by atoms with E-state index in [4.69, 9.17) is 0 Å². The number of aldehydes is 1. The average Bonchev–Trinajstić information content (AvgIpc) is 2.57. The summed E-state index contributed by atoms with van der Waals surface area (Å²) < 4.78 is 0. The van der Waals surface area contributed by atoms with Gasteiger partial charge >= 0.3 is 0 Å². The zero-order valence-electron chi connectivity index (χ0n) is 8.19. The Kier molecular flexibility index (Phi) is 2.63. The highest BCUT2D eigenvalue weighted by molar-refractivity contribution is 5.99. The Bertz CT molecular complexity index is 435. The van der Waals surface area contributed by atoms with E-state index in [1.807, 2.05) is 24.3 Å². The molecule has 0 fully saturated rings. The van der Waals surface area contributed by atoms with Crippen molar-refractivity contribution >= 4 is 24.0 Å². The second-order valence-corrected chi connectivity index (χ2v) is 3.45. The summed E-state index contributed by atoms with van der Waals surface area (Å²) in [6.07, 6.45) is 5.41. The number of carbonyl (C=O) groups excluding carboxylic acids is 2. The van der Waals surface area contributed by atoms with Gasteiger partial charge < -0.3 is 10.1 Å². The molecule has 3 nitrogen and oxygen atoms in total. The monoisotopic (exact) mass is 201 g/mol. The normalized spacial score (nSPS) is 14.0. The van der Waals surface area contributed by atoms with Gasteiger partial charge in [0.25, 0.3) is 0 Å². The number of rotatable bonds is 3. The van der Waals surface area contributed by atoms with Crippen LogP contribution >= 0.6 is 0 Å². The molecule has 0 saturated carbocycles. The third-order valence-electron chi connectivity index (χ3n) is 2.30. The largest absolute Gasteiger partial charge is 0.326 e. The molecule has 1 aliphatic rings. The van der Waals surface area contributed by atoms with Crippen LogP contribution in [0.15, 0.2) is 24.3 Å². The maximum atomic E-state index is 11.1. The molecule has 0 unspecified atom stereocenters. The van der Waals surface area contributed by atoms with Gasteiger partial charge in [0.05, 0.1) is 6.42 Å². The molecule has 0 bridgehead atoms. The van der Waals surface area contributed by atoms with Crippen LogP contribution in [0.2, 0.25) is 0 Å². The first-order valence-corrected chi connectivity index (χ1v) is 4.82. The van der Waals surface area contributed by atoms with E-state index in [0.29, 0.717) is 12.8 Å². The van der Waals surface area contributed by atoms with Crippen molar-refractivity contribution in [1.29, 1.82) is 0 Å². The van der Waals surface area contributed by atoms with Gasteiger partial charge in [-0.15, -0.1) is 0 Å². The van der Waals surface area contributed by atoms with Crippen molar-refractivity contribution in [3.05, 3.63) is 35.4 Å². The zero-order chi connectivity index (χ0) is 10.7. The van der Waals surface area contributed by atoms with Gasteiger partial charge in [-0.05, 0) is 17.2 Å². The van der Waals surface area contributed by atoms with Crippen LogP contribution < -0.4 is 5.32 Å². The molecule has 15 heavy (non-hydrogen) atoms. The number of benzene rings is 1. The molecule has 0 atom stereocenters. The minimum absolute atomic E-state index is 0.0408. The average molecular weight is 201 g/mol. The SMILES string of the molecule is O=CCC=Cc1ccc2c(c1)NC(=O)C2. The Labute approximate surface area is 87.8 Å². The second kappa shape index (κ2) is 4.09. The maximum absolute atomic E-state index is 11.1. The van der Waals surface area contributed by atoms with Crippen molar-refractivity contribution < 1.29 is 9.59 Å². The second-order valence-electron chi connectivity index (χ2n) is 3.45. The lowest BCUT2D eigenvalue weighted by Crippen LogP contribution is -2.03. The number of hydrogen-bond donors (Lipinski definition) is 1. The van der Waals surface area contributed by atoms with E-state index in [2.05, 4.69) is 5.32 Å². The summed E-state index contributed by atoms with van der Waals surface area (Å²) in [6, 6.07) is 5.80. The molecule has 76 valence electrons. The molecule has 1 N–H and O–H groups in total. The standard InChI is InChI=1S/C12H11NO2/c14-6-2-1-3-9-4-5-10-8-12(15)13-11(10)7-9/h1,3-7H,2,8H2,(H,13,15). The lowest BCUT2D eigenvalue weighted by molar-refractivity contribution is -0.115. The summed E-state index contributed by atoms with van der Waals surface area (Å²) in [4.78, 5) is 21.2. The number of nitrogens with one attached hydrogen (secondary N) is 1. The minimum atomic E-state index is 0.0408. The summed E-state index contributed by atoms with van der Waals surface area (Å²) in [7, 11) is 0. The Balaban J connectivity index is 2.19. The van der Waals surface area contributed by atoms with Gasteiger partial charge in [-0.1, -0.05) is 24.3 Å². The Hall–Kier alpha value is -1.90. The van der Waals surface area contributed by atoms with E-state index in [1.54, 1.807) is 6.08 Å². The molecule has 2 rings (SSSR count). The first kappa shape index (κ1) is 9.65. The molecule has 0 aromatic heterocycles. The fourth-order valence-electron chi connectivity index (χ4n) is 1.60. The van der Waals surface area contributed by atoms with Gasteiger partial charge in [0, 0.05) is 12.1 Å². The van der Waals surface area contributed by atoms with Gasteiger partial charge in [0.1, 0.15) is 6.29 Å². The number of hydrogen-bond acceptors (Lipinski definition) is 2. The van der Waals surface area contributed by atoms with Crippen molar-refractivity contribution in [3.8, 4) is 0 Å². The van der Waals surface area contributed by atoms with E-state index in [9.17, 15) is 9.59 Å². The number of fused-ring (bicyclic) bond motifs is 1. The fraction of sp³-hybridized carbons (Fsp3) is 0.167. The van der Waals surface area contributed by atoms with E-state index < -0.39 is 0 Å². The molecular weight excluding hydrogens is 190 g/mol. The van der Waals surface area contributed by atoms with Crippen molar-refractivity contribution in [2.75, 3.05) is 5.32 Å². The van der Waals surface area contributed by atoms with Crippen LogP contribution in [0.3, 0.4) is 0 Å². The van der Waals surface area contributed by atoms with Crippen molar-refractivity contribution in [3.63, 3.8) is 0 Å². The highest BCUT2D eigenvalue weighted by Crippen LogP contribution is 2.24. The lowest BCUT2D eigenvalue weighted by Gasteiger charge is -1.99. The molecule has 1 aliphatic heterocycles. The van der Waals surface area contributed by atoms with Gasteiger partial charge in [-0.2, -0.15) is 0 Å². The van der Waals surface area contributed by atoms with Gasteiger partial charge in [-0.25, -0.2) is 0 Å². The van der Waals surface area contributed by atoms with Gasteiger partial charge in [0.15, 0.2) is 0 Å². The number of allylic oxidation sites excluding steroid dienone is 1. The van der Waals surface area contributed by atoms with Crippen LogP contribution in [-0.4, -0.2) is 12.2 Å². The topological polar surface area (TPSA) is 46.2 Å². The molecule has 1 amide bonds. The molecule has 0 spiro atoms. The van der Waals surface area contributed by atoms with E-state index in [1.165, 1.54) is 0 Å². The molecule has 0 radical (unpaired) electrons. The van der Waals surface area contributed by atoms with Crippen LogP contribution in [0.1, 0.15) is 17.5 Å². The minimum Gasteiger partial charge on any atom is -0.326 e. The van der Waals surface area contributed by atoms with E-state index in [0.717, 1.165) is 23.1 Å². The quantitative estimate of drug-likeness (QED) is 0.758. The highest BCUT2D eigenvalue weighted by atomic mass is 16.1. The van der Waals surface area contributed by atoms with Gasteiger partial charge in [0.2, 0.25) is 5.91 Å². The number of amides is 1. The van der Waals surface area contributed by atoms with Crippen LogP contribution in [-0.2, 0) is 16.0 Å². The third-order valence-corrected chi connectivity index (χ3v) is 2.30. The Morgan fingerprint density at radius 1 is 1.40 bits per heavy atom.